The van der Waals surface area contributed by atoms with Crippen LogP contribution in [-0.4, -0.2) is 25.9 Å². The summed E-state index contributed by atoms with van der Waals surface area (Å²) in [7, 11) is 1.14. The fourth-order valence-corrected chi connectivity index (χ4v) is 3.27. The van der Waals surface area contributed by atoms with Crippen molar-refractivity contribution in [3.63, 3.8) is 0 Å². The normalized spacial score (nSPS) is 11.7. The first kappa shape index (κ1) is 22.8. The van der Waals surface area contributed by atoms with Gasteiger partial charge in [-0.15, -0.1) is 0 Å². The third-order valence-corrected chi connectivity index (χ3v) is 4.88. The van der Waals surface area contributed by atoms with Crippen LogP contribution in [0.15, 0.2) is 48.5 Å². The monoisotopic (exact) mass is 453 g/mol. The summed E-state index contributed by atoms with van der Waals surface area (Å²) in [6, 6.07) is 12.5. The molecular weight excluding hydrogens is 435 g/mol. The number of hydrogen-bond acceptors (Lipinski definition) is 4. The lowest BCUT2D eigenvalue weighted by molar-refractivity contribution is -0.144. The first-order valence-electron chi connectivity index (χ1n) is 9.17. The van der Waals surface area contributed by atoms with Crippen molar-refractivity contribution in [2.75, 3.05) is 0 Å². The lowest BCUT2D eigenvalue weighted by Crippen LogP contribution is -2.27. The Kier molecular flexibility index (Phi) is 6.68. The molecule has 0 atom stereocenters. The molecule has 3 N–H and O–H groups in total. The summed E-state index contributed by atoms with van der Waals surface area (Å²) in [4.78, 5) is 12.8. The number of nitrogens with one attached hydrogen (secondary N) is 1. The predicted molar refractivity (Wildman–Crippen MR) is 107 cm³/mol. The average molecular weight is 454 g/mol. The summed E-state index contributed by atoms with van der Waals surface area (Å²) in [5, 5.41) is 25.2. The van der Waals surface area contributed by atoms with E-state index in [4.69, 9.17) is 21.8 Å². The number of aryl methyl sites for hydroxylation is 1. The van der Waals surface area contributed by atoms with E-state index in [0.717, 1.165) is 7.05 Å². The number of aliphatic hydroxyl groups excluding tert-OH is 1. The van der Waals surface area contributed by atoms with Gasteiger partial charge in [0.25, 0.3) is 5.91 Å². The Balaban J connectivity index is 1.87. The summed E-state index contributed by atoms with van der Waals surface area (Å²) in [5.74, 6) is -0.907. The maximum absolute atomic E-state index is 13.7. The quantitative estimate of drug-likeness (QED) is 0.498. The lowest BCUT2D eigenvalue weighted by atomic mass is 10.0. The number of alkyl halides is 3. The van der Waals surface area contributed by atoms with Crippen LogP contribution in [0.2, 0.25) is 5.02 Å². The highest BCUT2D eigenvalue weighted by Gasteiger charge is 2.41. The lowest BCUT2D eigenvalue weighted by Gasteiger charge is -2.12. The second-order valence-corrected chi connectivity index (χ2v) is 7.33. The molecule has 10 heteroatoms. The van der Waals surface area contributed by atoms with Crippen LogP contribution in [0.25, 0.3) is 0 Å². The first-order valence-corrected chi connectivity index (χ1v) is 9.54. The second kappa shape index (κ2) is 9.09. The van der Waals surface area contributed by atoms with E-state index in [1.165, 1.54) is 24.3 Å². The number of carbonyl (C=O) groups excluding carboxylic acids is 1. The van der Waals surface area contributed by atoms with Gasteiger partial charge in [-0.3, -0.25) is 9.48 Å². The largest absolute Gasteiger partial charge is 0.433 e. The molecule has 1 aromatic heterocycles. The summed E-state index contributed by atoms with van der Waals surface area (Å²) in [6.07, 6.45) is -6.39. The maximum Gasteiger partial charge on any atom is 0.433 e. The molecule has 1 amide bonds. The Morgan fingerprint density at radius 3 is 2.23 bits per heavy atom. The maximum atomic E-state index is 13.7. The molecule has 31 heavy (non-hydrogen) atoms. The predicted octanol–water partition coefficient (Wildman–Crippen LogP) is 3.60. The Morgan fingerprint density at radius 1 is 1.10 bits per heavy atom. The van der Waals surface area contributed by atoms with Crippen molar-refractivity contribution >= 4 is 17.5 Å². The van der Waals surface area contributed by atoms with Gasteiger partial charge in [-0.1, -0.05) is 48.0 Å². The number of amides is 1. The van der Waals surface area contributed by atoms with E-state index in [-0.39, 0.29) is 24.2 Å². The zero-order valence-corrected chi connectivity index (χ0v) is 17.1. The number of hydrogen-bond donors (Lipinski definition) is 3. The number of rotatable bonds is 6. The van der Waals surface area contributed by atoms with Crippen molar-refractivity contribution in [1.82, 2.24) is 15.1 Å². The fraction of sp³-hybridized carbons (Fsp3) is 0.238. The van der Waals surface area contributed by atoms with Gasteiger partial charge in [-0.2, -0.15) is 18.3 Å². The Hall–Kier alpha value is -2.88. The van der Waals surface area contributed by atoms with E-state index in [0.29, 0.717) is 20.8 Å². The fourth-order valence-electron chi connectivity index (χ4n) is 3.14. The molecule has 0 saturated heterocycles. The van der Waals surface area contributed by atoms with Crippen molar-refractivity contribution in [3.8, 4) is 0 Å². The van der Waals surface area contributed by atoms with Gasteiger partial charge in [-0.25, -0.2) is 0 Å². The van der Waals surface area contributed by atoms with Gasteiger partial charge in [0.1, 0.15) is 0 Å². The Morgan fingerprint density at radius 2 is 1.68 bits per heavy atom. The van der Waals surface area contributed by atoms with Gasteiger partial charge in [-0.05, 0) is 23.3 Å². The van der Waals surface area contributed by atoms with E-state index in [2.05, 4.69) is 10.4 Å². The smallest absolute Gasteiger partial charge is 0.364 e. The molecule has 2 aromatic carbocycles. The molecular formula is C21H19ClF3N3O3. The molecule has 164 valence electrons. The SMILES string of the molecule is Cn1nc(Cc2ccc(Cl)cc2)c(C(=O)NCc2ccc(C(O)O)cc2)c1C(F)(F)F. The molecule has 1 heterocycles. The molecule has 0 radical (unpaired) electrons. The number of benzene rings is 2. The van der Waals surface area contributed by atoms with Gasteiger partial charge in [0.05, 0.1) is 11.3 Å². The molecule has 3 aromatic rings. The highest BCUT2D eigenvalue weighted by Crippen LogP contribution is 2.34. The molecule has 0 saturated carbocycles. The molecule has 0 spiro atoms. The molecule has 0 fully saturated rings. The van der Waals surface area contributed by atoms with E-state index in [1.807, 2.05) is 0 Å². The first-order chi connectivity index (χ1) is 14.6. The van der Waals surface area contributed by atoms with Gasteiger partial charge in [0, 0.05) is 30.6 Å². The van der Waals surface area contributed by atoms with Crippen molar-refractivity contribution in [1.29, 1.82) is 0 Å². The summed E-state index contributed by atoms with van der Waals surface area (Å²) in [6.45, 7) is -0.0484. The summed E-state index contributed by atoms with van der Waals surface area (Å²) in [5.41, 5.74) is -0.182. The van der Waals surface area contributed by atoms with Crippen molar-refractivity contribution in [2.24, 2.45) is 7.05 Å². The van der Waals surface area contributed by atoms with Crippen LogP contribution in [0.3, 0.4) is 0 Å². The zero-order valence-electron chi connectivity index (χ0n) is 16.3. The zero-order chi connectivity index (χ0) is 22.8. The second-order valence-electron chi connectivity index (χ2n) is 6.89. The molecule has 6 nitrogen and oxygen atoms in total. The minimum Gasteiger partial charge on any atom is -0.364 e. The van der Waals surface area contributed by atoms with Crippen LogP contribution < -0.4 is 5.32 Å². The van der Waals surface area contributed by atoms with Gasteiger partial charge in [0.15, 0.2) is 12.0 Å². The molecule has 0 aliphatic heterocycles. The van der Waals surface area contributed by atoms with Crippen molar-refractivity contribution in [3.05, 3.63) is 87.2 Å². The number of nitrogens with zero attached hydrogens (tertiary/aromatic N) is 2. The molecule has 0 aliphatic carbocycles. The molecule has 0 aliphatic rings. The van der Waals surface area contributed by atoms with Crippen LogP contribution in [0.5, 0.6) is 0 Å². The summed E-state index contributed by atoms with van der Waals surface area (Å²) >= 11 is 5.85. The third kappa shape index (κ3) is 5.43. The molecule has 0 unspecified atom stereocenters. The number of aromatic nitrogens is 2. The number of carbonyl (C=O) groups is 1. The van der Waals surface area contributed by atoms with Crippen LogP contribution >= 0.6 is 11.6 Å². The Labute approximate surface area is 180 Å². The van der Waals surface area contributed by atoms with Crippen LogP contribution in [0, 0.1) is 0 Å². The standard InChI is InChI=1S/C21H19ClF3N3O3/c1-28-18(21(23,24)25)17(16(27-28)10-12-4-8-15(22)9-5-12)19(29)26-11-13-2-6-14(7-3-13)20(30)31/h2-9,20,30-31H,10-11H2,1H3,(H,26,29). The van der Waals surface area contributed by atoms with Crippen molar-refractivity contribution < 1.29 is 28.2 Å². The van der Waals surface area contributed by atoms with E-state index >= 15 is 0 Å². The van der Waals surface area contributed by atoms with Crippen LogP contribution in [0.4, 0.5) is 13.2 Å². The van der Waals surface area contributed by atoms with Gasteiger partial charge in [0.2, 0.25) is 0 Å². The van der Waals surface area contributed by atoms with E-state index < -0.39 is 29.6 Å². The third-order valence-electron chi connectivity index (χ3n) is 4.63. The topological polar surface area (TPSA) is 87.4 Å². The molecule has 3 rings (SSSR count). The van der Waals surface area contributed by atoms with Gasteiger partial charge < -0.3 is 15.5 Å². The minimum atomic E-state index is -4.77. The highest BCUT2D eigenvalue weighted by atomic mass is 35.5. The van der Waals surface area contributed by atoms with Gasteiger partial charge >= 0.3 is 6.18 Å². The minimum absolute atomic E-state index is 0.00611. The van der Waals surface area contributed by atoms with Crippen LogP contribution in [-0.2, 0) is 26.2 Å². The Bertz CT molecular complexity index is 1060. The summed E-state index contributed by atoms with van der Waals surface area (Å²) < 4.78 is 41.6. The van der Waals surface area contributed by atoms with E-state index in [9.17, 15) is 18.0 Å². The van der Waals surface area contributed by atoms with E-state index in [1.54, 1.807) is 24.3 Å². The number of halogens is 4. The number of aliphatic hydroxyl groups is 2. The molecule has 0 bridgehead atoms. The highest BCUT2D eigenvalue weighted by molar-refractivity contribution is 6.30. The van der Waals surface area contributed by atoms with Crippen molar-refractivity contribution in [2.45, 2.75) is 25.4 Å². The van der Waals surface area contributed by atoms with Crippen LogP contribution in [0.1, 0.15) is 44.7 Å². The average Bonchev–Trinajstić information content (AvgIpc) is 3.04.